The van der Waals surface area contributed by atoms with E-state index >= 15 is 0 Å². The van der Waals surface area contributed by atoms with Crippen molar-refractivity contribution in [1.29, 1.82) is 0 Å². The summed E-state index contributed by atoms with van der Waals surface area (Å²) in [6.07, 6.45) is 3.86. The fourth-order valence-electron chi connectivity index (χ4n) is 6.53. The van der Waals surface area contributed by atoms with E-state index in [1.54, 1.807) is 24.5 Å². The van der Waals surface area contributed by atoms with Crippen LogP contribution in [0.15, 0.2) is 75.5 Å². The Hall–Kier alpha value is -3.30. The highest BCUT2D eigenvalue weighted by molar-refractivity contribution is 7.09. The molecule has 3 aromatic rings. The molecule has 7 nitrogen and oxygen atoms in total. The SMILES string of the molecule is COCC1=C2[C@@H](CC/C(=C/c3ccc(CO)o3)c3ccccc3)OC[C@@H]2[C@@H]2C(=O)N(Cc3cccs3)C(=O)[C@@H]2C1. The van der Waals surface area contributed by atoms with Crippen LogP contribution in [0, 0.1) is 17.8 Å². The number of carbonyl (C=O) groups excluding carboxylic acids is 2. The van der Waals surface area contributed by atoms with Crippen molar-refractivity contribution < 1.29 is 28.6 Å². The van der Waals surface area contributed by atoms with Crippen molar-refractivity contribution in [1.82, 2.24) is 4.90 Å². The van der Waals surface area contributed by atoms with Crippen molar-refractivity contribution in [2.75, 3.05) is 20.3 Å². The predicted octanol–water partition coefficient (Wildman–Crippen LogP) is 5.32. The minimum absolute atomic E-state index is 0.0745. The van der Waals surface area contributed by atoms with Gasteiger partial charge < -0.3 is 19.0 Å². The lowest BCUT2D eigenvalue weighted by atomic mass is 9.69. The molecule has 0 radical (unpaired) electrons. The fourth-order valence-corrected chi connectivity index (χ4v) is 7.22. The molecule has 2 aliphatic heterocycles. The molecule has 208 valence electrons. The molecular weight excluding hydrogens is 526 g/mol. The van der Waals surface area contributed by atoms with Crippen LogP contribution < -0.4 is 0 Å². The van der Waals surface area contributed by atoms with E-state index in [4.69, 9.17) is 13.9 Å². The van der Waals surface area contributed by atoms with E-state index in [0.29, 0.717) is 37.7 Å². The molecule has 8 heteroatoms. The van der Waals surface area contributed by atoms with Crippen molar-refractivity contribution >= 4 is 34.8 Å². The molecule has 6 rings (SSSR count). The molecule has 0 bridgehead atoms. The number of aliphatic hydroxyl groups is 1. The van der Waals surface area contributed by atoms with E-state index in [-0.39, 0.29) is 42.3 Å². The summed E-state index contributed by atoms with van der Waals surface area (Å²) in [6, 6.07) is 17.7. The topological polar surface area (TPSA) is 89.2 Å². The van der Waals surface area contributed by atoms with Gasteiger partial charge in [0.25, 0.3) is 0 Å². The molecule has 2 fully saturated rings. The van der Waals surface area contributed by atoms with Gasteiger partial charge in [0.1, 0.15) is 18.1 Å². The molecular formula is C32H33NO6S. The van der Waals surface area contributed by atoms with E-state index in [2.05, 4.69) is 12.1 Å². The first-order chi connectivity index (χ1) is 19.6. The highest BCUT2D eigenvalue weighted by Gasteiger charge is 2.56. The Bertz CT molecular complexity index is 1420. The highest BCUT2D eigenvalue weighted by atomic mass is 32.1. The number of fused-ring (bicyclic) bond motifs is 3. The lowest BCUT2D eigenvalue weighted by Gasteiger charge is -2.31. The molecule has 4 heterocycles. The fraction of sp³-hybridized carbons (Fsp3) is 0.375. The Kier molecular flexibility index (Phi) is 7.85. The zero-order chi connectivity index (χ0) is 27.6. The van der Waals surface area contributed by atoms with Crippen molar-refractivity contribution in [3.05, 3.63) is 93.1 Å². The number of methoxy groups -OCH3 is 1. The van der Waals surface area contributed by atoms with Crippen LogP contribution >= 0.6 is 11.3 Å². The van der Waals surface area contributed by atoms with Gasteiger partial charge in [0.05, 0.1) is 37.7 Å². The van der Waals surface area contributed by atoms with E-state index in [0.717, 1.165) is 40.0 Å². The second kappa shape index (κ2) is 11.7. The van der Waals surface area contributed by atoms with Crippen molar-refractivity contribution in [3.8, 4) is 0 Å². The van der Waals surface area contributed by atoms with E-state index in [9.17, 15) is 14.7 Å². The number of hydrogen-bond acceptors (Lipinski definition) is 7. The largest absolute Gasteiger partial charge is 0.459 e. The summed E-state index contributed by atoms with van der Waals surface area (Å²) in [7, 11) is 1.67. The van der Waals surface area contributed by atoms with Crippen LogP contribution in [0.2, 0.25) is 0 Å². The summed E-state index contributed by atoms with van der Waals surface area (Å²) in [5.74, 6) is 0.221. The molecule has 0 saturated carbocycles. The van der Waals surface area contributed by atoms with E-state index in [1.165, 1.54) is 4.90 Å². The molecule has 0 unspecified atom stereocenters. The number of allylic oxidation sites excluding steroid dienone is 1. The van der Waals surface area contributed by atoms with Crippen LogP contribution in [0.4, 0.5) is 0 Å². The van der Waals surface area contributed by atoms with Crippen LogP contribution in [-0.2, 0) is 32.2 Å². The van der Waals surface area contributed by atoms with Gasteiger partial charge in [-0.2, -0.15) is 0 Å². The van der Waals surface area contributed by atoms with Gasteiger partial charge in [0, 0.05) is 17.9 Å². The number of likely N-dealkylation sites (tertiary alicyclic amines) is 1. The maximum Gasteiger partial charge on any atom is 0.234 e. The number of furan rings is 1. The van der Waals surface area contributed by atoms with E-state index < -0.39 is 0 Å². The third kappa shape index (κ3) is 5.12. The molecule has 40 heavy (non-hydrogen) atoms. The molecule has 1 N–H and O–H groups in total. The normalized spacial score (nSPS) is 24.6. The molecule has 1 aliphatic carbocycles. The number of imide groups is 1. The third-order valence-electron chi connectivity index (χ3n) is 8.29. The number of amides is 2. The van der Waals surface area contributed by atoms with Crippen LogP contribution in [0.5, 0.6) is 0 Å². The summed E-state index contributed by atoms with van der Waals surface area (Å²) in [5.41, 5.74) is 4.44. The predicted molar refractivity (Wildman–Crippen MR) is 152 cm³/mol. The van der Waals surface area contributed by atoms with Gasteiger partial charge in [-0.05, 0) is 71.2 Å². The van der Waals surface area contributed by atoms with Crippen LogP contribution in [-0.4, -0.2) is 48.2 Å². The first-order valence-electron chi connectivity index (χ1n) is 13.7. The summed E-state index contributed by atoms with van der Waals surface area (Å²) < 4.78 is 17.7. The Morgan fingerprint density at radius 1 is 1.10 bits per heavy atom. The molecule has 2 aromatic heterocycles. The second-order valence-corrected chi connectivity index (χ2v) is 11.7. The van der Waals surface area contributed by atoms with Crippen LogP contribution in [0.25, 0.3) is 11.6 Å². The van der Waals surface area contributed by atoms with Gasteiger partial charge in [-0.3, -0.25) is 14.5 Å². The standard InChI is InChI=1S/C32H33NO6S/c1-37-18-22-15-26-30(32(36)33(31(26)35)16-25-8-5-13-40-25)27-19-38-28(29(22)27)12-9-21(20-6-3-2-4-7-20)14-23-10-11-24(17-34)39-23/h2-8,10-11,13-14,26-28,30,34H,9,12,15-19H2,1H3/b21-14-/t26-,27+,28-,30-/m1/s1. The molecule has 3 aliphatic rings. The maximum absolute atomic E-state index is 13.6. The van der Waals surface area contributed by atoms with E-state index in [1.807, 2.05) is 47.9 Å². The average molecular weight is 560 g/mol. The zero-order valence-electron chi connectivity index (χ0n) is 22.5. The monoisotopic (exact) mass is 559 g/mol. The summed E-state index contributed by atoms with van der Waals surface area (Å²) in [4.78, 5) is 29.5. The van der Waals surface area contributed by atoms with Gasteiger partial charge in [-0.15, -0.1) is 11.3 Å². The van der Waals surface area contributed by atoms with Crippen molar-refractivity contribution in [2.45, 2.75) is 38.5 Å². The summed E-state index contributed by atoms with van der Waals surface area (Å²) in [5, 5.41) is 11.4. The molecule has 2 amide bonds. The van der Waals surface area contributed by atoms with Crippen molar-refractivity contribution in [3.63, 3.8) is 0 Å². The number of carbonyl (C=O) groups is 2. The number of hydrogen-bond donors (Lipinski definition) is 1. The number of nitrogens with zero attached hydrogens (tertiary/aromatic N) is 1. The van der Waals surface area contributed by atoms with Crippen molar-refractivity contribution in [2.24, 2.45) is 17.8 Å². The minimum atomic E-state index is -0.378. The average Bonchev–Trinajstić information content (AvgIpc) is 3.78. The minimum Gasteiger partial charge on any atom is -0.459 e. The first kappa shape index (κ1) is 26.9. The number of rotatable bonds is 10. The lowest BCUT2D eigenvalue weighted by molar-refractivity contribution is -0.140. The van der Waals surface area contributed by atoms with Gasteiger partial charge in [-0.25, -0.2) is 0 Å². The first-order valence-corrected chi connectivity index (χ1v) is 14.6. The number of ether oxygens (including phenoxy) is 2. The van der Waals surface area contributed by atoms with Gasteiger partial charge in [0.2, 0.25) is 11.8 Å². The highest BCUT2D eigenvalue weighted by Crippen LogP contribution is 2.50. The van der Waals surface area contributed by atoms with Gasteiger partial charge >= 0.3 is 0 Å². The third-order valence-corrected chi connectivity index (χ3v) is 9.15. The molecule has 4 atom stereocenters. The Morgan fingerprint density at radius 2 is 1.95 bits per heavy atom. The Morgan fingerprint density at radius 3 is 2.67 bits per heavy atom. The maximum atomic E-state index is 13.6. The van der Waals surface area contributed by atoms with Crippen LogP contribution in [0.1, 0.15) is 41.2 Å². The Balaban J connectivity index is 1.25. The molecule has 1 aromatic carbocycles. The summed E-state index contributed by atoms with van der Waals surface area (Å²) in [6.45, 7) is 1.06. The summed E-state index contributed by atoms with van der Waals surface area (Å²) >= 11 is 1.56. The molecule has 0 spiro atoms. The van der Waals surface area contributed by atoms with Crippen LogP contribution in [0.3, 0.4) is 0 Å². The second-order valence-electron chi connectivity index (χ2n) is 10.6. The van der Waals surface area contributed by atoms with Gasteiger partial charge in [0.15, 0.2) is 0 Å². The number of benzene rings is 1. The van der Waals surface area contributed by atoms with Gasteiger partial charge in [-0.1, -0.05) is 36.4 Å². The smallest absolute Gasteiger partial charge is 0.234 e. The zero-order valence-corrected chi connectivity index (χ0v) is 23.3. The quantitative estimate of drug-likeness (QED) is 0.267. The molecule has 2 saturated heterocycles. The number of thiophene rings is 1. The lowest BCUT2D eigenvalue weighted by Crippen LogP contribution is -2.35. The Labute approximate surface area is 237 Å². The number of aliphatic hydroxyl groups excluding tert-OH is 1.